The van der Waals surface area contributed by atoms with Gasteiger partial charge in [-0.05, 0) is 48.0 Å². The highest BCUT2D eigenvalue weighted by molar-refractivity contribution is 7.93. The monoisotopic (exact) mass is 456 g/mol. The molecule has 4 aromatic rings. The summed E-state index contributed by atoms with van der Waals surface area (Å²) in [5.74, 6) is -0.338. The van der Waals surface area contributed by atoms with Crippen molar-refractivity contribution < 1.29 is 17.6 Å². The minimum Gasteiger partial charge on any atom is -0.334 e. The largest absolute Gasteiger partial charge is 0.334 e. The Morgan fingerprint density at radius 2 is 1.74 bits per heavy atom. The highest BCUT2D eigenvalue weighted by atomic mass is 32.2. The van der Waals surface area contributed by atoms with Crippen LogP contribution in [0.15, 0.2) is 77.7 Å². The van der Waals surface area contributed by atoms with E-state index in [0.717, 1.165) is 10.3 Å². The summed E-state index contributed by atoms with van der Waals surface area (Å²) < 4.78 is 41.1. The van der Waals surface area contributed by atoms with Crippen LogP contribution in [0.3, 0.4) is 0 Å². The molecular formula is C21H17FN4O3S2. The molecule has 0 saturated heterocycles. The summed E-state index contributed by atoms with van der Waals surface area (Å²) in [7, 11) is -3.73. The number of rotatable bonds is 6. The van der Waals surface area contributed by atoms with Gasteiger partial charge < -0.3 is 10.6 Å². The number of carbonyl (C=O) groups is 1. The van der Waals surface area contributed by atoms with Gasteiger partial charge in [-0.15, -0.1) is 0 Å². The first-order valence-electron chi connectivity index (χ1n) is 9.17. The number of hydrogen-bond acceptors (Lipinski definition) is 5. The first kappa shape index (κ1) is 20.8. The Hall–Kier alpha value is -3.50. The topological polar surface area (TPSA) is 100 Å². The van der Waals surface area contributed by atoms with Gasteiger partial charge >= 0.3 is 6.03 Å². The number of thiazole rings is 1. The van der Waals surface area contributed by atoms with Crippen molar-refractivity contribution in [3.8, 4) is 0 Å². The summed E-state index contributed by atoms with van der Waals surface area (Å²) in [6.07, 6.45) is 0. The molecule has 0 unspecified atom stereocenters. The fourth-order valence-electron chi connectivity index (χ4n) is 2.78. The van der Waals surface area contributed by atoms with Crippen molar-refractivity contribution in [1.29, 1.82) is 0 Å². The van der Waals surface area contributed by atoms with Crippen LogP contribution in [0.4, 0.5) is 20.0 Å². The fraction of sp³-hybridized carbons (Fsp3) is 0.0476. The molecule has 0 fully saturated rings. The van der Waals surface area contributed by atoms with Crippen LogP contribution in [0.1, 0.15) is 5.56 Å². The summed E-state index contributed by atoms with van der Waals surface area (Å²) in [4.78, 5) is 16.6. The Kier molecular flexibility index (Phi) is 5.83. The van der Waals surface area contributed by atoms with Crippen LogP contribution < -0.4 is 15.4 Å². The zero-order valence-electron chi connectivity index (χ0n) is 16.0. The Balaban J connectivity index is 1.42. The van der Waals surface area contributed by atoms with E-state index in [1.165, 1.54) is 35.6 Å². The van der Waals surface area contributed by atoms with Gasteiger partial charge in [-0.3, -0.25) is 4.72 Å². The maximum atomic E-state index is 12.9. The van der Waals surface area contributed by atoms with Crippen molar-refractivity contribution >= 4 is 48.4 Å². The van der Waals surface area contributed by atoms with Crippen molar-refractivity contribution in [3.63, 3.8) is 0 Å². The number of aromatic nitrogens is 1. The van der Waals surface area contributed by atoms with E-state index in [0.29, 0.717) is 11.2 Å². The zero-order chi connectivity index (χ0) is 21.8. The molecule has 0 spiro atoms. The van der Waals surface area contributed by atoms with E-state index >= 15 is 0 Å². The summed E-state index contributed by atoms with van der Waals surface area (Å²) in [5.41, 5.74) is 1.82. The molecule has 0 atom stereocenters. The predicted molar refractivity (Wildman–Crippen MR) is 119 cm³/mol. The first-order chi connectivity index (χ1) is 14.9. The van der Waals surface area contributed by atoms with Crippen molar-refractivity contribution in [2.45, 2.75) is 11.4 Å². The number of fused-ring (bicyclic) bond motifs is 1. The van der Waals surface area contributed by atoms with Crippen molar-refractivity contribution in [2.75, 3.05) is 10.0 Å². The number of sulfonamides is 1. The van der Waals surface area contributed by atoms with Gasteiger partial charge in [-0.1, -0.05) is 41.7 Å². The van der Waals surface area contributed by atoms with Gasteiger partial charge in [-0.25, -0.2) is 22.6 Å². The van der Waals surface area contributed by atoms with E-state index in [9.17, 15) is 17.6 Å². The number of nitrogens with one attached hydrogen (secondary N) is 3. The van der Waals surface area contributed by atoms with Gasteiger partial charge in [-0.2, -0.15) is 0 Å². The minimum atomic E-state index is -3.73. The molecule has 0 aliphatic rings. The van der Waals surface area contributed by atoms with Gasteiger partial charge in [0.25, 0.3) is 10.0 Å². The Morgan fingerprint density at radius 1 is 1.00 bits per heavy atom. The third kappa shape index (κ3) is 5.16. The highest BCUT2D eigenvalue weighted by Gasteiger charge is 2.16. The molecule has 0 aliphatic carbocycles. The molecule has 0 bridgehead atoms. The van der Waals surface area contributed by atoms with E-state index in [-0.39, 0.29) is 22.4 Å². The highest BCUT2D eigenvalue weighted by Crippen LogP contribution is 2.29. The van der Waals surface area contributed by atoms with Gasteiger partial charge in [0, 0.05) is 12.2 Å². The molecule has 3 aromatic carbocycles. The molecule has 3 N–H and O–H groups in total. The number of hydrogen-bond donors (Lipinski definition) is 3. The molecule has 0 radical (unpaired) electrons. The predicted octanol–water partition coefficient (Wildman–Crippen LogP) is 4.56. The summed E-state index contributed by atoms with van der Waals surface area (Å²) in [6, 6.07) is 18.6. The van der Waals surface area contributed by atoms with Crippen LogP contribution in [0.25, 0.3) is 10.2 Å². The molecule has 10 heteroatoms. The molecule has 2 amide bonds. The third-order valence-electron chi connectivity index (χ3n) is 4.29. The van der Waals surface area contributed by atoms with Crippen LogP contribution in [0, 0.1) is 5.82 Å². The second kappa shape index (κ2) is 8.70. The van der Waals surface area contributed by atoms with Crippen LogP contribution in [0.5, 0.6) is 0 Å². The Bertz CT molecular complexity index is 1320. The van der Waals surface area contributed by atoms with Crippen LogP contribution in [0.2, 0.25) is 0 Å². The number of anilines is 2. The lowest BCUT2D eigenvalue weighted by Crippen LogP contribution is -2.28. The maximum absolute atomic E-state index is 12.9. The number of benzene rings is 3. The number of amides is 2. The van der Waals surface area contributed by atoms with Crippen molar-refractivity contribution in [2.24, 2.45) is 0 Å². The van der Waals surface area contributed by atoms with Gasteiger partial charge in [0.05, 0.1) is 15.1 Å². The molecule has 1 aromatic heterocycles. The summed E-state index contributed by atoms with van der Waals surface area (Å²) in [6.45, 7) is 0.247. The summed E-state index contributed by atoms with van der Waals surface area (Å²) in [5, 5.41) is 5.62. The lowest BCUT2D eigenvalue weighted by Gasteiger charge is -2.07. The molecule has 1 heterocycles. The van der Waals surface area contributed by atoms with Gasteiger partial charge in [0.15, 0.2) is 5.13 Å². The molecule has 0 saturated carbocycles. The Morgan fingerprint density at radius 3 is 2.48 bits per heavy atom. The first-order valence-corrected chi connectivity index (χ1v) is 11.5. The van der Waals surface area contributed by atoms with E-state index in [1.54, 1.807) is 48.5 Å². The van der Waals surface area contributed by atoms with Gasteiger partial charge in [0.2, 0.25) is 0 Å². The van der Waals surface area contributed by atoms with E-state index in [4.69, 9.17) is 0 Å². The number of urea groups is 1. The molecule has 31 heavy (non-hydrogen) atoms. The molecule has 7 nitrogen and oxygen atoms in total. The fourth-order valence-corrected chi connectivity index (χ4v) is 4.88. The van der Waals surface area contributed by atoms with Crippen LogP contribution >= 0.6 is 11.3 Å². The standard InChI is InChI=1S/C21H17FN4O3S2/c22-15-8-6-14(7-9-15)13-23-20(27)24-16-10-11-19-18(12-16)25-21(30-19)26-31(28,29)17-4-2-1-3-5-17/h1-12H,13H2,(H,25,26)(H2,23,24,27). The second-order valence-corrected chi connectivity index (χ2v) is 9.27. The second-order valence-electron chi connectivity index (χ2n) is 6.55. The molecule has 4 rings (SSSR count). The summed E-state index contributed by atoms with van der Waals surface area (Å²) >= 11 is 1.19. The van der Waals surface area contributed by atoms with Crippen LogP contribution in [-0.2, 0) is 16.6 Å². The van der Waals surface area contributed by atoms with Crippen molar-refractivity contribution in [1.82, 2.24) is 10.3 Å². The third-order valence-corrected chi connectivity index (χ3v) is 6.72. The Labute approximate surface area is 182 Å². The molecule has 0 aliphatic heterocycles. The lowest BCUT2D eigenvalue weighted by atomic mass is 10.2. The number of carbonyl (C=O) groups excluding carboxylic acids is 1. The maximum Gasteiger partial charge on any atom is 0.319 e. The minimum absolute atomic E-state index is 0.148. The quantitative estimate of drug-likeness (QED) is 0.396. The zero-order valence-corrected chi connectivity index (χ0v) is 17.6. The van der Waals surface area contributed by atoms with Crippen LogP contribution in [-0.4, -0.2) is 19.4 Å². The van der Waals surface area contributed by atoms with E-state index < -0.39 is 16.1 Å². The normalized spacial score (nSPS) is 11.3. The molecule has 158 valence electrons. The molecular weight excluding hydrogens is 439 g/mol. The lowest BCUT2D eigenvalue weighted by molar-refractivity contribution is 0.251. The van der Waals surface area contributed by atoms with E-state index in [2.05, 4.69) is 20.3 Å². The smallest absolute Gasteiger partial charge is 0.319 e. The number of halogens is 1. The average Bonchev–Trinajstić information content (AvgIpc) is 3.15. The van der Waals surface area contributed by atoms with E-state index in [1.807, 2.05) is 0 Å². The average molecular weight is 457 g/mol. The van der Waals surface area contributed by atoms with Crippen molar-refractivity contribution in [3.05, 3.63) is 84.2 Å². The van der Waals surface area contributed by atoms with Gasteiger partial charge in [0.1, 0.15) is 5.82 Å². The SMILES string of the molecule is O=C(NCc1ccc(F)cc1)Nc1ccc2sc(NS(=O)(=O)c3ccccc3)nc2c1. The number of nitrogens with zero attached hydrogens (tertiary/aromatic N) is 1.